The monoisotopic (exact) mass is 539 g/mol. The van der Waals surface area contributed by atoms with Crippen molar-refractivity contribution >= 4 is 46.7 Å². The number of rotatable bonds is 10. The van der Waals surface area contributed by atoms with Crippen LogP contribution in [0.3, 0.4) is 0 Å². The van der Waals surface area contributed by atoms with E-state index >= 15 is 0 Å². The molecule has 0 fully saturated rings. The van der Waals surface area contributed by atoms with E-state index in [0.717, 1.165) is 0 Å². The van der Waals surface area contributed by atoms with E-state index in [0.29, 0.717) is 34.0 Å². The lowest BCUT2D eigenvalue weighted by molar-refractivity contribution is -0.150. The van der Waals surface area contributed by atoms with E-state index in [1.54, 1.807) is 37.3 Å². The Labute approximate surface area is 218 Å². The Balaban J connectivity index is 2.03. The summed E-state index contributed by atoms with van der Waals surface area (Å²) in [7, 11) is 1.49. The van der Waals surface area contributed by atoms with Gasteiger partial charge in [0.15, 0.2) is 0 Å². The molecule has 1 amide bonds. The van der Waals surface area contributed by atoms with E-state index in [2.05, 4.69) is 5.32 Å². The van der Waals surface area contributed by atoms with Gasteiger partial charge in [-0.3, -0.25) is 14.4 Å². The molecule has 0 saturated heterocycles. The van der Waals surface area contributed by atoms with E-state index in [-0.39, 0.29) is 43.0 Å². The molecule has 1 aliphatic rings. The molecule has 2 aromatic rings. The topological polar surface area (TPSA) is 109 Å². The zero-order valence-corrected chi connectivity index (χ0v) is 21.6. The molecule has 0 aliphatic carbocycles. The van der Waals surface area contributed by atoms with E-state index < -0.39 is 24.1 Å². The van der Waals surface area contributed by atoms with Crippen LogP contribution in [0.5, 0.6) is 11.5 Å². The van der Waals surface area contributed by atoms with Crippen molar-refractivity contribution in [2.75, 3.05) is 32.2 Å². The number of halogens is 2. The van der Waals surface area contributed by atoms with E-state index in [1.807, 2.05) is 0 Å². The average molecular weight is 540 g/mol. The van der Waals surface area contributed by atoms with Crippen molar-refractivity contribution in [3.05, 3.63) is 51.5 Å². The maximum atomic E-state index is 13.1. The standard InChI is InChI=1S/C25H27Cl2NO8/c1-4-33-21(30)13-20-25(31)28-23-17(24(36-20)16-7-5-8-18(32-3)22(16)27)11-15(26)12-19(23)35-10-6-9-34-14(2)29/h5,7-8,11-12,20,24H,4,6,9-10,13H2,1-3H3,(H,28,31). The summed E-state index contributed by atoms with van der Waals surface area (Å²) in [5.74, 6) is -0.828. The van der Waals surface area contributed by atoms with Gasteiger partial charge in [-0.05, 0) is 19.1 Å². The van der Waals surface area contributed by atoms with Crippen LogP contribution >= 0.6 is 23.2 Å². The Morgan fingerprint density at radius 1 is 1.08 bits per heavy atom. The molecule has 0 bridgehead atoms. The van der Waals surface area contributed by atoms with Crippen molar-refractivity contribution in [2.24, 2.45) is 0 Å². The number of benzene rings is 2. The van der Waals surface area contributed by atoms with Crippen LogP contribution in [-0.2, 0) is 28.6 Å². The molecule has 9 nitrogen and oxygen atoms in total. The summed E-state index contributed by atoms with van der Waals surface area (Å²) >= 11 is 13.0. The van der Waals surface area contributed by atoms with Crippen molar-refractivity contribution in [2.45, 2.75) is 38.9 Å². The van der Waals surface area contributed by atoms with Gasteiger partial charge >= 0.3 is 11.9 Å². The molecule has 0 spiro atoms. The second kappa shape index (κ2) is 12.8. The van der Waals surface area contributed by atoms with Crippen LogP contribution in [-0.4, -0.2) is 50.9 Å². The number of nitrogens with one attached hydrogen (secondary N) is 1. The number of fused-ring (bicyclic) bond motifs is 1. The fraction of sp³-hybridized carbons (Fsp3) is 0.400. The molecule has 2 aromatic carbocycles. The Morgan fingerprint density at radius 2 is 1.86 bits per heavy atom. The number of ether oxygens (including phenoxy) is 5. The fourth-order valence-corrected chi connectivity index (χ4v) is 4.18. The van der Waals surface area contributed by atoms with Gasteiger partial charge in [-0.2, -0.15) is 0 Å². The number of methoxy groups -OCH3 is 1. The van der Waals surface area contributed by atoms with Gasteiger partial charge < -0.3 is 29.0 Å². The van der Waals surface area contributed by atoms with E-state index in [4.69, 9.17) is 46.9 Å². The molecular formula is C25H27Cl2NO8. The maximum absolute atomic E-state index is 13.1. The zero-order chi connectivity index (χ0) is 26.2. The molecule has 11 heteroatoms. The molecule has 1 N–H and O–H groups in total. The molecule has 0 saturated carbocycles. The van der Waals surface area contributed by atoms with Gasteiger partial charge in [-0.15, -0.1) is 0 Å². The highest BCUT2D eigenvalue weighted by Crippen LogP contribution is 2.45. The highest BCUT2D eigenvalue weighted by Gasteiger charge is 2.36. The van der Waals surface area contributed by atoms with Gasteiger partial charge in [-0.1, -0.05) is 35.3 Å². The number of anilines is 1. The summed E-state index contributed by atoms with van der Waals surface area (Å²) < 4.78 is 27.4. The van der Waals surface area contributed by atoms with Crippen molar-refractivity contribution in [3.8, 4) is 11.5 Å². The normalized spacial score (nSPS) is 16.9. The van der Waals surface area contributed by atoms with Crippen LogP contribution in [0.25, 0.3) is 0 Å². The molecule has 2 atom stereocenters. The van der Waals surface area contributed by atoms with Crippen molar-refractivity contribution < 1.29 is 38.1 Å². The number of carbonyl (C=O) groups excluding carboxylic acids is 3. The van der Waals surface area contributed by atoms with Crippen LogP contribution in [0.1, 0.15) is 43.9 Å². The Bertz CT molecular complexity index is 1120. The van der Waals surface area contributed by atoms with Crippen LogP contribution < -0.4 is 14.8 Å². The zero-order valence-electron chi connectivity index (χ0n) is 20.1. The second-order valence-corrected chi connectivity index (χ2v) is 8.59. The van der Waals surface area contributed by atoms with Crippen molar-refractivity contribution in [1.29, 1.82) is 0 Å². The molecule has 0 radical (unpaired) electrons. The first kappa shape index (κ1) is 27.6. The highest BCUT2D eigenvalue weighted by molar-refractivity contribution is 6.33. The third-order valence-corrected chi connectivity index (χ3v) is 5.85. The third-order valence-electron chi connectivity index (χ3n) is 5.23. The smallest absolute Gasteiger partial charge is 0.308 e. The van der Waals surface area contributed by atoms with Gasteiger partial charge in [-0.25, -0.2) is 0 Å². The third kappa shape index (κ3) is 6.81. The molecule has 1 heterocycles. The number of carbonyl (C=O) groups is 3. The summed E-state index contributed by atoms with van der Waals surface area (Å²) in [6, 6.07) is 8.36. The highest BCUT2D eigenvalue weighted by atomic mass is 35.5. The molecule has 194 valence electrons. The van der Waals surface area contributed by atoms with Crippen LogP contribution in [0.2, 0.25) is 10.0 Å². The number of esters is 2. The van der Waals surface area contributed by atoms with Crippen molar-refractivity contribution in [3.63, 3.8) is 0 Å². The van der Waals surface area contributed by atoms with Gasteiger partial charge in [0.25, 0.3) is 5.91 Å². The average Bonchev–Trinajstić information content (AvgIpc) is 2.95. The minimum Gasteiger partial charge on any atom is -0.495 e. The van der Waals surface area contributed by atoms with Gasteiger partial charge in [0.05, 0.1) is 44.1 Å². The summed E-state index contributed by atoms with van der Waals surface area (Å²) in [6.07, 6.45) is -1.97. The second-order valence-electron chi connectivity index (χ2n) is 7.78. The Kier molecular flexibility index (Phi) is 9.81. The lowest BCUT2D eigenvalue weighted by Crippen LogP contribution is -2.32. The fourth-order valence-electron chi connectivity index (χ4n) is 3.66. The molecular weight excluding hydrogens is 513 g/mol. The number of hydrogen-bond donors (Lipinski definition) is 1. The number of amides is 1. The Hall–Kier alpha value is -3.01. The summed E-state index contributed by atoms with van der Waals surface area (Å²) in [4.78, 5) is 36.3. The first-order valence-electron chi connectivity index (χ1n) is 11.3. The lowest BCUT2D eigenvalue weighted by Gasteiger charge is -2.23. The maximum Gasteiger partial charge on any atom is 0.308 e. The predicted molar refractivity (Wildman–Crippen MR) is 133 cm³/mol. The van der Waals surface area contributed by atoms with Gasteiger partial charge in [0, 0.05) is 35.6 Å². The molecule has 3 rings (SSSR count). The van der Waals surface area contributed by atoms with Crippen LogP contribution in [0.4, 0.5) is 5.69 Å². The summed E-state index contributed by atoms with van der Waals surface area (Å²) in [5, 5.41) is 3.42. The SMILES string of the molecule is CCOC(=O)CC1OC(c2cccc(OC)c2Cl)c2cc(Cl)cc(OCCCOC(C)=O)c2NC1=O. The van der Waals surface area contributed by atoms with Crippen LogP contribution in [0.15, 0.2) is 30.3 Å². The molecule has 0 aromatic heterocycles. The molecule has 2 unspecified atom stereocenters. The minimum atomic E-state index is -1.18. The van der Waals surface area contributed by atoms with Gasteiger partial charge in [0.1, 0.15) is 23.7 Å². The minimum absolute atomic E-state index is 0.166. The quantitative estimate of drug-likeness (QED) is 0.341. The molecule has 1 aliphatic heterocycles. The van der Waals surface area contributed by atoms with Crippen LogP contribution in [0, 0.1) is 0 Å². The lowest BCUT2D eigenvalue weighted by atomic mass is 9.98. The number of hydrogen-bond acceptors (Lipinski definition) is 8. The predicted octanol–water partition coefficient (Wildman–Crippen LogP) is 4.71. The van der Waals surface area contributed by atoms with E-state index in [9.17, 15) is 14.4 Å². The Morgan fingerprint density at radius 3 is 2.56 bits per heavy atom. The molecule has 36 heavy (non-hydrogen) atoms. The first-order chi connectivity index (χ1) is 17.2. The summed E-state index contributed by atoms with van der Waals surface area (Å²) in [5.41, 5.74) is 1.31. The van der Waals surface area contributed by atoms with Crippen molar-refractivity contribution in [1.82, 2.24) is 0 Å². The summed E-state index contributed by atoms with van der Waals surface area (Å²) in [6.45, 7) is 3.53. The van der Waals surface area contributed by atoms with Gasteiger partial charge in [0.2, 0.25) is 0 Å². The van der Waals surface area contributed by atoms with E-state index in [1.165, 1.54) is 14.0 Å². The first-order valence-corrected chi connectivity index (χ1v) is 12.0. The largest absolute Gasteiger partial charge is 0.495 e.